The Hall–Kier alpha value is -0.790. The molecular weight excluding hydrogens is 114 g/mol. The van der Waals surface area contributed by atoms with Gasteiger partial charge in [0.1, 0.15) is 0 Å². The summed E-state index contributed by atoms with van der Waals surface area (Å²) in [6.07, 6.45) is 0.925. The predicted octanol–water partition coefficient (Wildman–Crippen LogP) is 0.699. The zero-order valence-corrected chi connectivity index (χ0v) is 5.61. The first-order valence-corrected chi connectivity index (χ1v) is 3.15. The van der Waals surface area contributed by atoms with Crippen molar-refractivity contribution in [2.24, 2.45) is 5.92 Å². The van der Waals surface area contributed by atoms with Crippen LogP contribution in [-0.2, 0) is 4.79 Å². The molecule has 0 aromatic heterocycles. The molecule has 2 heteroatoms. The van der Waals surface area contributed by atoms with E-state index in [9.17, 15) is 4.79 Å². The number of carbonyl (C=O) groups is 1. The highest BCUT2D eigenvalue weighted by Gasteiger charge is 2.23. The van der Waals surface area contributed by atoms with Gasteiger partial charge in [-0.1, -0.05) is 12.2 Å². The second-order valence-electron chi connectivity index (χ2n) is 2.48. The van der Waals surface area contributed by atoms with Gasteiger partial charge in [0.15, 0.2) is 0 Å². The molecule has 0 aliphatic carbocycles. The van der Waals surface area contributed by atoms with E-state index < -0.39 is 0 Å². The highest BCUT2D eigenvalue weighted by molar-refractivity contribution is 5.83. The normalized spacial score (nSPS) is 25.9. The van der Waals surface area contributed by atoms with Crippen molar-refractivity contribution in [3.8, 4) is 0 Å². The van der Waals surface area contributed by atoms with Crippen LogP contribution in [0.2, 0.25) is 0 Å². The fourth-order valence-corrected chi connectivity index (χ4v) is 1.06. The molecule has 1 N–H and O–H groups in total. The molecule has 0 spiro atoms. The molecule has 0 saturated carbocycles. The van der Waals surface area contributed by atoms with Gasteiger partial charge in [-0.05, 0) is 13.3 Å². The summed E-state index contributed by atoms with van der Waals surface area (Å²) in [5, 5.41) is 2.75. The molecule has 0 aromatic carbocycles. The highest BCUT2D eigenvalue weighted by atomic mass is 16.2. The lowest BCUT2D eigenvalue weighted by molar-refractivity contribution is -0.121. The first-order valence-electron chi connectivity index (χ1n) is 3.15. The van der Waals surface area contributed by atoms with E-state index in [4.69, 9.17) is 0 Å². The van der Waals surface area contributed by atoms with Crippen LogP contribution in [0.4, 0.5) is 0 Å². The molecule has 2 nitrogen and oxygen atoms in total. The maximum Gasteiger partial charge on any atom is 0.227 e. The van der Waals surface area contributed by atoms with E-state index in [0.29, 0.717) is 0 Å². The third kappa shape index (κ3) is 1.12. The quantitative estimate of drug-likeness (QED) is 0.513. The average Bonchev–Trinajstić information content (AvgIpc) is 2.13. The molecule has 9 heavy (non-hydrogen) atoms. The molecule has 0 radical (unpaired) electrons. The lowest BCUT2D eigenvalue weighted by atomic mass is 10.0. The molecule has 1 saturated heterocycles. The van der Waals surface area contributed by atoms with Gasteiger partial charge in [-0.15, -0.1) is 0 Å². The summed E-state index contributed by atoms with van der Waals surface area (Å²) in [6, 6.07) is 0. The summed E-state index contributed by atoms with van der Waals surface area (Å²) < 4.78 is 0. The third-order valence-corrected chi connectivity index (χ3v) is 1.64. The average molecular weight is 125 g/mol. The topological polar surface area (TPSA) is 29.1 Å². The molecule has 1 rings (SSSR count). The molecule has 1 fully saturated rings. The number of amides is 1. The molecular formula is C7H11NO. The molecule has 1 unspecified atom stereocenters. The van der Waals surface area contributed by atoms with Crippen LogP contribution in [0.5, 0.6) is 0 Å². The van der Waals surface area contributed by atoms with Crippen molar-refractivity contribution < 1.29 is 4.79 Å². The van der Waals surface area contributed by atoms with Crippen LogP contribution in [0.3, 0.4) is 0 Å². The predicted molar refractivity (Wildman–Crippen MR) is 35.9 cm³/mol. The first kappa shape index (κ1) is 6.33. The maximum atomic E-state index is 10.8. The van der Waals surface area contributed by atoms with Crippen LogP contribution >= 0.6 is 0 Å². The zero-order valence-electron chi connectivity index (χ0n) is 5.61. The molecule has 0 bridgehead atoms. The number of rotatable bonds is 1. The third-order valence-electron chi connectivity index (χ3n) is 1.64. The van der Waals surface area contributed by atoms with E-state index in [0.717, 1.165) is 18.5 Å². The van der Waals surface area contributed by atoms with E-state index in [1.807, 2.05) is 6.92 Å². The van der Waals surface area contributed by atoms with E-state index >= 15 is 0 Å². The molecule has 1 aliphatic rings. The smallest absolute Gasteiger partial charge is 0.227 e. The standard InChI is InChI=1S/C7H11NO/c1-5(2)6-3-4-8-7(6)9/h6H,1,3-4H2,2H3,(H,8,9). The summed E-state index contributed by atoms with van der Waals surface area (Å²) in [7, 11) is 0. The van der Waals surface area contributed by atoms with E-state index in [-0.39, 0.29) is 11.8 Å². The van der Waals surface area contributed by atoms with Gasteiger partial charge in [-0.2, -0.15) is 0 Å². The number of nitrogens with one attached hydrogen (secondary N) is 1. The van der Waals surface area contributed by atoms with E-state index in [1.54, 1.807) is 0 Å². The van der Waals surface area contributed by atoms with Crippen molar-refractivity contribution in [2.45, 2.75) is 13.3 Å². The molecule has 0 aromatic rings. The largest absolute Gasteiger partial charge is 0.356 e. The minimum absolute atomic E-state index is 0.0880. The van der Waals surface area contributed by atoms with Gasteiger partial charge in [-0.25, -0.2) is 0 Å². The maximum absolute atomic E-state index is 10.8. The Kier molecular flexibility index (Phi) is 1.56. The Bertz CT molecular complexity index is 151. The van der Waals surface area contributed by atoms with Crippen molar-refractivity contribution in [3.63, 3.8) is 0 Å². The summed E-state index contributed by atoms with van der Waals surface area (Å²) in [5.41, 5.74) is 0.977. The molecule has 1 aliphatic heterocycles. The molecule has 1 amide bonds. The lowest BCUT2D eigenvalue weighted by Crippen LogP contribution is -2.19. The van der Waals surface area contributed by atoms with Crippen LogP contribution in [0.25, 0.3) is 0 Å². The zero-order chi connectivity index (χ0) is 6.85. The van der Waals surface area contributed by atoms with Gasteiger partial charge < -0.3 is 5.32 Å². The summed E-state index contributed by atoms with van der Waals surface area (Å²) in [4.78, 5) is 10.8. The van der Waals surface area contributed by atoms with Crippen molar-refractivity contribution in [1.29, 1.82) is 0 Å². The van der Waals surface area contributed by atoms with Crippen LogP contribution in [0, 0.1) is 5.92 Å². The Morgan fingerprint density at radius 1 is 1.89 bits per heavy atom. The van der Waals surface area contributed by atoms with E-state index in [1.165, 1.54) is 0 Å². The Balaban J connectivity index is 2.60. The van der Waals surface area contributed by atoms with Gasteiger partial charge >= 0.3 is 0 Å². The van der Waals surface area contributed by atoms with Crippen molar-refractivity contribution in [1.82, 2.24) is 5.32 Å². The molecule has 1 atom stereocenters. The summed E-state index contributed by atoms with van der Waals surface area (Å²) in [5.74, 6) is 0.229. The van der Waals surface area contributed by atoms with Gasteiger partial charge in [0.25, 0.3) is 0 Å². The van der Waals surface area contributed by atoms with Crippen molar-refractivity contribution in [2.75, 3.05) is 6.54 Å². The first-order chi connectivity index (χ1) is 4.22. The molecule has 1 heterocycles. The van der Waals surface area contributed by atoms with E-state index in [2.05, 4.69) is 11.9 Å². The lowest BCUT2D eigenvalue weighted by Gasteiger charge is -2.02. The monoisotopic (exact) mass is 125 g/mol. The van der Waals surface area contributed by atoms with Gasteiger partial charge in [0.2, 0.25) is 5.91 Å². The van der Waals surface area contributed by atoms with Crippen molar-refractivity contribution >= 4 is 5.91 Å². The van der Waals surface area contributed by atoms with Gasteiger partial charge in [0.05, 0.1) is 5.92 Å². The summed E-state index contributed by atoms with van der Waals surface area (Å²) in [6.45, 7) is 6.44. The fraction of sp³-hybridized carbons (Fsp3) is 0.571. The van der Waals surface area contributed by atoms with Crippen LogP contribution < -0.4 is 5.32 Å². The van der Waals surface area contributed by atoms with Crippen LogP contribution in [0.1, 0.15) is 13.3 Å². The number of carbonyl (C=O) groups excluding carboxylic acids is 1. The van der Waals surface area contributed by atoms with Crippen molar-refractivity contribution in [3.05, 3.63) is 12.2 Å². The SMILES string of the molecule is C=C(C)C1CCNC1=O. The van der Waals surface area contributed by atoms with Gasteiger partial charge in [-0.3, -0.25) is 4.79 Å². The van der Waals surface area contributed by atoms with Crippen LogP contribution in [0.15, 0.2) is 12.2 Å². The minimum atomic E-state index is 0.0880. The van der Waals surface area contributed by atoms with Crippen LogP contribution in [-0.4, -0.2) is 12.5 Å². The second kappa shape index (κ2) is 2.21. The number of hydrogen-bond acceptors (Lipinski definition) is 1. The Morgan fingerprint density at radius 3 is 2.78 bits per heavy atom. The number of hydrogen-bond donors (Lipinski definition) is 1. The Morgan fingerprint density at radius 2 is 2.56 bits per heavy atom. The Labute approximate surface area is 54.9 Å². The minimum Gasteiger partial charge on any atom is -0.356 e. The molecule has 50 valence electrons. The summed E-state index contributed by atoms with van der Waals surface area (Å²) >= 11 is 0. The highest BCUT2D eigenvalue weighted by Crippen LogP contribution is 2.16. The van der Waals surface area contributed by atoms with Gasteiger partial charge in [0, 0.05) is 6.54 Å². The second-order valence-corrected chi connectivity index (χ2v) is 2.48. The fourth-order valence-electron chi connectivity index (χ4n) is 1.06.